The molecule has 13 heavy (non-hydrogen) atoms. The summed E-state index contributed by atoms with van der Waals surface area (Å²) in [4.78, 5) is 0. The van der Waals surface area contributed by atoms with Crippen LogP contribution in [0.3, 0.4) is 0 Å². The van der Waals surface area contributed by atoms with Crippen LogP contribution < -0.4 is 0 Å². The third-order valence-electron chi connectivity index (χ3n) is 1.51. The lowest BCUT2D eigenvalue weighted by Crippen LogP contribution is -1.91. The monoisotopic (exact) mass is 216 g/mol. The maximum absolute atomic E-state index is 9.01. The molecular formula is C10H10Cl2O. The van der Waals surface area contributed by atoms with E-state index in [0.29, 0.717) is 10.0 Å². The largest absolute Gasteiger partial charge is 0.389 e. The summed E-state index contributed by atoms with van der Waals surface area (Å²) in [6.07, 6.45) is 2.92. The summed E-state index contributed by atoms with van der Waals surface area (Å²) in [5, 5.41) is 10.3. The smallest absolute Gasteiger partial charge is 0.0696 e. The Labute approximate surface area is 87.6 Å². The van der Waals surface area contributed by atoms with Crippen molar-refractivity contribution in [2.75, 3.05) is 0 Å². The summed E-state index contributed by atoms with van der Waals surface area (Å²) >= 11 is 11.7. The molecule has 0 saturated carbocycles. The van der Waals surface area contributed by atoms with Gasteiger partial charge in [0.2, 0.25) is 0 Å². The Hall–Kier alpha value is -0.500. The van der Waals surface area contributed by atoms with E-state index in [0.717, 1.165) is 5.56 Å². The molecule has 0 amide bonds. The molecule has 0 bridgehead atoms. The second-order valence-corrected chi connectivity index (χ2v) is 3.61. The van der Waals surface area contributed by atoms with Gasteiger partial charge in [-0.3, -0.25) is 0 Å². The molecule has 1 rings (SSSR count). The van der Waals surface area contributed by atoms with Crippen molar-refractivity contribution in [3.05, 3.63) is 39.9 Å². The molecule has 0 aliphatic rings. The number of aliphatic hydroxyl groups excluding tert-OH is 1. The first-order valence-electron chi connectivity index (χ1n) is 3.91. The molecule has 0 aromatic heterocycles. The SMILES string of the molecule is CC(O)/C=C/c1cc(Cl)ccc1Cl. The second kappa shape index (κ2) is 4.66. The van der Waals surface area contributed by atoms with E-state index in [1.807, 2.05) is 0 Å². The van der Waals surface area contributed by atoms with Crippen LogP contribution in [0, 0.1) is 0 Å². The summed E-state index contributed by atoms with van der Waals surface area (Å²) in [6.45, 7) is 1.68. The summed E-state index contributed by atoms with van der Waals surface area (Å²) in [7, 11) is 0. The van der Waals surface area contributed by atoms with Crippen molar-refractivity contribution in [2.24, 2.45) is 0 Å². The van der Waals surface area contributed by atoms with E-state index < -0.39 is 6.10 Å². The number of hydrogen-bond donors (Lipinski definition) is 1. The second-order valence-electron chi connectivity index (χ2n) is 2.77. The molecule has 0 saturated heterocycles. The van der Waals surface area contributed by atoms with E-state index in [1.165, 1.54) is 0 Å². The fourth-order valence-corrected chi connectivity index (χ4v) is 1.25. The molecule has 1 unspecified atom stereocenters. The molecule has 3 heteroatoms. The van der Waals surface area contributed by atoms with Crippen LogP contribution in [-0.2, 0) is 0 Å². The van der Waals surface area contributed by atoms with E-state index in [9.17, 15) is 0 Å². The maximum Gasteiger partial charge on any atom is 0.0696 e. The zero-order valence-corrected chi connectivity index (χ0v) is 8.68. The number of benzene rings is 1. The lowest BCUT2D eigenvalue weighted by atomic mass is 10.2. The van der Waals surface area contributed by atoms with Gasteiger partial charge in [-0.05, 0) is 30.7 Å². The van der Waals surface area contributed by atoms with E-state index in [2.05, 4.69) is 0 Å². The fraction of sp³-hybridized carbons (Fsp3) is 0.200. The number of rotatable bonds is 2. The average Bonchev–Trinajstić information content (AvgIpc) is 2.06. The number of halogens is 2. The zero-order chi connectivity index (χ0) is 9.84. The van der Waals surface area contributed by atoms with Crippen LogP contribution in [0.5, 0.6) is 0 Å². The molecule has 1 N–H and O–H groups in total. The molecule has 0 aliphatic carbocycles. The van der Waals surface area contributed by atoms with E-state index in [-0.39, 0.29) is 0 Å². The van der Waals surface area contributed by atoms with Crippen LogP contribution in [0.1, 0.15) is 12.5 Å². The highest BCUT2D eigenvalue weighted by atomic mass is 35.5. The lowest BCUT2D eigenvalue weighted by molar-refractivity contribution is 0.245. The Morgan fingerprint density at radius 3 is 2.69 bits per heavy atom. The predicted octanol–water partition coefficient (Wildman–Crippen LogP) is 3.39. The molecule has 1 atom stereocenters. The van der Waals surface area contributed by atoms with Gasteiger partial charge in [0, 0.05) is 10.0 Å². The summed E-state index contributed by atoms with van der Waals surface area (Å²) in [5.74, 6) is 0. The lowest BCUT2D eigenvalue weighted by Gasteiger charge is -1.99. The van der Waals surface area contributed by atoms with Gasteiger partial charge in [-0.2, -0.15) is 0 Å². The van der Waals surface area contributed by atoms with Crippen molar-refractivity contribution in [3.8, 4) is 0 Å². The van der Waals surface area contributed by atoms with Gasteiger partial charge in [-0.15, -0.1) is 0 Å². The Morgan fingerprint density at radius 1 is 1.38 bits per heavy atom. The first-order chi connectivity index (χ1) is 6.09. The average molecular weight is 217 g/mol. The van der Waals surface area contributed by atoms with Crippen molar-refractivity contribution in [2.45, 2.75) is 13.0 Å². The summed E-state index contributed by atoms with van der Waals surface area (Å²) < 4.78 is 0. The van der Waals surface area contributed by atoms with Crippen LogP contribution >= 0.6 is 23.2 Å². The molecule has 70 valence electrons. The molecular weight excluding hydrogens is 207 g/mol. The fourth-order valence-electron chi connectivity index (χ4n) is 0.885. The number of aliphatic hydroxyl groups is 1. The molecule has 1 aromatic carbocycles. The van der Waals surface area contributed by atoms with Gasteiger partial charge in [-0.1, -0.05) is 35.4 Å². The van der Waals surface area contributed by atoms with Gasteiger partial charge in [0.25, 0.3) is 0 Å². The Kier molecular flexibility index (Phi) is 3.79. The van der Waals surface area contributed by atoms with Gasteiger partial charge in [-0.25, -0.2) is 0 Å². The summed E-state index contributed by atoms with van der Waals surface area (Å²) in [5.41, 5.74) is 0.815. The van der Waals surface area contributed by atoms with Crippen molar-refractivity contribution >= 4 is 29.3 Å². The molecule has 1 aromatic rings. The highest BCUT2D eigenvalue weighted by Gasteiger charge is 1.97. The van der Waals surface area contributed by atoms with E-state index in [4.69, 9.17) is 28.3 Å². The van der Waals surface area contributed by atoms with Gasteiger partial charge in [0.1, 0.15) is 0 Å². The van der Waals surface area contributed by atoms with Gasteiger partial charge < -0.3 is 5.11 Å². The number of hydrogen-bond acceptors (Lipinski definition) is 1. The first-order valence-corrected chi connectivity index (χ1v) is 4.66. The zero-order valence-electron chi connectivity index (χ0n) is 7.17. The van der Waals surface area contributed by atoms with Crippen LogP contribution in [0.2, 0.25) is 10.0 Å². The molecule has 1 nitrogen and oxygen atoms in total. The first kappa shape index (κ1) is 10.6. The Balaban J connectivity index is 2.93. The molecule has 0 heterocycles. The van der Waals surface area contributed by atoms with E-state index in [1.54, 1.807) is 37.3 Å². The van der Waals surface area contributed by atoms with Crippen LogP contribution in [0.4, 0.5) is 0 Å². The van der Waals surface area contributed by atoms with Crippen molar-refractivity contribution < 1.29 is 5.11 Å². The van der Waals surface area contributed by atoms with Gasteiger partial charge >= 0.3 is 0 Å². The minimum absolute atomic E-state index is 0.477. The van der Waals surface area contributed by atoms with Crippen molar-refractivity contribution in [3.63, 3.8) is 0 Å². The minimum atomic E-state index is -0.477. The quantitative estimate of drug-likeness (QED) is 0.804. The highest BCUT2D eigenvalue weighted by Crippen LogP contribution is 2.21. The van der Waals surface area contributed by atoms with Crippen LogP contribution in [0.25, 0.3) is 6.08 Å². The highest BCUT2D eigenvalue weighted by molar-refractivity contribution is 6.34. The molecule has 0 radical (unpaired) electrons. The normalized spacial score (nSPS) is 13.5. The van der Waals surface area contributed by atoms with Gasteiger partial charge in [0.15, 0.2) is 0 Å². The van der Waals surface area contributed by atoms with Crippen LogP contribution in [-0.4, -0.2) is 11.2 Å². The third-order valence-corrected chi connectivity index (χ3v) is 2.09. The Morgan fingerprint density at radius 2 is 2.08 bits per heavy atom. The van der Waals surface area contributed by atoms with Crippen molar-refractivity contribution in [1.82, 2.24) is 0 Å². The van der Waals surface area contributed by atoms with Crippen molar-refractivity contribution in [1.29, 1.82) is 0 Å². The standard InChI is InChI=1S/C10H10Cl2O/c1-7(13)2-3-8-6-9(11)4-5-10(8)12/h2-7,13H,1H3/b3-2+. The predicted molar refractivity (Wildman–Crippen MR) is 57.2 cm³/mol. The summed E-state index contributed by atoms with van der Waals surface area (Å²) in [6, 6.07) is 5.21. The molecule has 0 aliphatic heterocycles. The third kappa shape index (κ3) is 3.39. The minimum Gasteiger partial charge on any atom is -0.389 e. The van der Waals surface area contributed by atoms with Crippen LogP contribution in [0.15, 0.2) is 24.3 Å². The van der Waals surface area contributed by atoms with Gasteiger partial charge in [0.05, 0.1) is 6.10 Å². The molecule has 0 spiro atoms. The topological polar surface area (TPSA) is 20.2 Å². The van der Waals surface area contributed by atoms with E-state index >= 15 is 0 Å². The Bertz CT molecular complexity index is 319. The molecule has 0 fully saturated rings. The maximum atomic E-state index is 9.01.